The molecule has 0 spiro atoms. The Bertz CT molecular complexity index is 970. The molecule has 26 heavy (non-hydrogen) atoms. The highest BCUT2D eigenvalue weighted by Crippen LogP contribution is 2.29. The van der Waals surface area contributed by atoms with Gasteiger partial charge in [0.05, 0.1) is 17.4 Å². The summed E-state index contributed by atoms with van der Waals surface area (Å²) in [6, 6.07) is 3.61. The Morgan fingerprint density at radius 2 is 2.00 bits per heavy atom. The van der Waals surface area contributed by atoms with E-state index in [-0.39, 0.29) is 17.0 Å². The quantitative estimate of drug-likeness (QED) is 0.544. The van der Waals surface area contributed by atoms with Crippen LogP contribution in [0.1, 0.15) is 5.56 Å². The van der Waals surface area contributed by atoms with Gasteiger partial charge >= 0.3 is 6.18 Å². The summed E-state index contributed by atoms with van der Waals surface area (Å²) < 4.78 is 37.9. The van der Waals surface area contributed by atoms with E-state index in [1.54, 1.807) is 6.07 Å². The number of hydrogen-bond donors (Lipinski definition) is 4. The maximum atomic E-state index is 12.6. The molecular weight excluding hydrogens is 351 g/mol. The molecule has 0 saturated heterocycles. The van der Waals surface area contributed by atoms with Crippen LogP contribution in [-0.2, 0) is 6.18 Å². The van der Waals surface area contributed by atoms with E-state index in [0.29, 0.717) is 30.6 Å². The summed E-state index contributed by atoms with van der Waals surface area (Å²) >= 11 is 0. The Morgan fingerprint density at radius 1 is 1.19 bits per heavy atom. The zero-order valence-electron chi connectivity index (χ0n) is 13.3. The number of nitrogens with one attached hydrogen (secondary N) is 3. The van der Waals surface area contributed by atoms with Gasteiger partial charge in [0.15, 0.2) is 0 Å². The van der Waals surface area contributed by atoms with Crippen LogP contribution in [0.25, 0.3) is 10.9 Å². The maximum absolute atomic E-state index is 12.6. The van der Waals surface area contributed by atoms with Crippen molar-refractivity contribution in [2.24, 2.45) is 5.73 Å². The minimum Gasteiger partial charge on any atom is -0.369 e. The lowest BCUT2D eigenvalue weighted by atomic mass is 10.2. The predicted octanol–water partition coefficient (Wildman–Crippen LogP) is 1.85. The fourth-order valence-corrected chi connectivity index (χ4v) is 2.23. The van der Waals surface area contributed by atoms with Crippen LogP contribution in [0.2, 0.25) is 0 Å². The third-order valence-electron chi connectivity index (χ3n) is 3.41. The van der Waals surface area contributed by atoms with Gasteiger partial charge in [-0.3, -0.25) is 4.79 Å². The second kappa shape index (κ2) is 6.96. The topological polar surface area (TPSA) is 122 Å². The van der Waals surface area contributed by atoms with Gasteiger partial charge in [0.25, 0.3) is 5.56 Å². The summed E-state index contributed by atoms with van der Waals surface area (Å²) in [5, 5.41) is 5.89. The van der Waals surface area contributed by atoms with Crippen LogP contribution >= 0.6 is 0 Å². The number of hydrogen-bond acceptors (Lipinski definition) is 7. The standard InChI is InChI=1S/C15H14F3N7O/c16-15(17,18)8-1-2-10(21-6-8)24-13-12-9(22-7-23-14(12)26)5-11(25-13)20-4-3-19/h1-2,5-7H,3-4,19H2,(H,22,23,26)(H2,20,21,24,25). The van der Waals surface area contributed by atoms with E-state index >= 15 is 0 Å². The fourth-order valence-electron chi connectivity index (χ4n) is 2.23. The van der Waals surface area contributed by atoms with Crippen LogP contribution < -0.4 is 21.9 Å². The minimum absolute atomic E-state index is 0.103. The molecule has 0 amide bonds. The number of halogens is 3. The van der Waals surface area contributed by atoms with E-state index in [0.717, 1.165) is 12.1 Å². The van der Waals surface area contributed by atoms with Crippen LogP contribution in [0.15, 0.2) is 35.5 Å². The van der Waals surface area contributed by atoms with Crippen molar-refractivity contribution in [2.45, 2.75) is 6.18 Å². The molecule has 0 aliphatic rings. The first-order chi connectivity index (χ1) is 12.4. The molecule has 0 saturated carbocycles. The van der Waals surface area contributed by atoms with Crippen LogP contribution in [0.3, 0.4) is 0 Å². The number of H-pyrrole nitrogens is 1. The number of aromatic amines is 1. The normalized spacial score (nSPS) is 11.5. The highest BCUT2D eigenvalue weighted by Gasteiger charge is 2.30. The fraction of sp³-hybridized carbons (Fsp3) is 0.200. The number of aromatic nitrogens is 4. The number of rotatable bonds is 5. The van der Waals surface area contributed by atoms with Crippen molar-refractivity contribution in [3.63, 3.8) is 0 Å². The number of nitrogens with zero attached hydrogens (tertiary/aromatic N) is 3. The molecular formula is C15H14F3N7O. The molecule has 0 aromatic carbocycles. The van der Waals surface area contributed by atoms with Gasteiger partial charge in [-0.1, -0.05) is 0 Å². The van der Waals surface area contributed by atoms with Crippen LogP contribution in [0.4, 0.5) is 30.6 Å². The Labute approximate surface area is 144 Å². The first-order valence-electron chi connectivity index (χ1n) is 7.51. The van der Waals surface area contributed by atoms with Gasteiger partial charge in [-0.2, -0.15) is 13.2 Å². The lowest BCUT2D eigenvalue weighted by molar-refractivity contribution is -0.137. The van der Waals surface area contributed by atoms with Gasteiger partial charge < -0.3 is 21.4 Å². The van der Waals surface area contributed by atoms with Crippen molar-refractivity contribution in [1.82, 2.24) is 19.9 Å². The molecule has 0 aliphatic carbocycles. The van der Waals surface area contributed by atoms with E-state index in [4.69, 9.17) is 5.73 Å². The van der Waals surface area contributed by atoms with Crippen molar-refractivity contribution >= 4 is 28.4 Å². The van der Waals surface area contributed by atoms with Crippen molar-refractivity contribution < 1.29 is 13.2 Å². The predicted molar refractivity (Wildman–Crippen MR) is 90.2 cm³/mol. The first-order valence-corrected chi connectivity index (χ1v) is 7.51. The van der Waals surface area contributed by atoms with Crippen LogP contribution in [0.5, 0.6) is 0 Å². The van der Waals surface area contributed by atoms with E-state index in [1.807, 2.05) is 0 Å². The van der Waals surface area contributed by atoms with Crippen LogP contribution in [0, 0.1) is 0 Å². The molecule has 3 rings (SSSR count). The molecule has 3 heterocycles. The molecule has 8 nitrogen and oxygen atoms in total. The van der Waals surface area contributed by atoms with Crippen LogP contribution in [-0.4, -0.2) is 33.0 Å². The SMILES string of the molecule is NCCNc1cc2nc[nH]c(=O)c2c(Nc2ccc(C(F)(F)F)cn2)n1. The van der Waals surface area contributed by atoms with Gasteiger partial charge in [-0.15, -0.1) is 0 Å². The minimum atomic E-state index is -4.48. The Morgan fingerprint density at radius 3 is 2.65 bits per heavy atom. The summed E-state index contributed by atoms with van der Waals surface area (Å²) in [4.78, 5) is 26.6. The lowest BCUT2D eigenvalue weighted by Crippen LogP contribution is -2.16. The molecule has 0 radical (unpaired) electrons. The second-order valence-electron chi connectivity index (χ2n) is 5.25. The highest BCUT2D eigenvalue weighted by molar-refractivity contribution is 5.91. The number of pyridine rings is 2. The number of anilines is 3. The van der Waals surface area contributed by atoms with Gasteiger partial charge in [-0.25, -0.2) is 15.0 Å². The summed E-state index contributed by atoms with van der Waals surface area (Å²) in [6.07, 6.45) is -2.54. The largest absolute Gasteiger partial charge is 0.417 e. The zero-order valence-corrected chi connectivity index (χ0v) is 13.3. The molecule has 136 valence electrons. The lowest BCUT2D eigenvalue weighted by Gasteiger charge is -2.12. The molecule has 5 N–H and O–H groups in total. The van der Waals surface area contributed by atoms with E-state index in [1.165, 1.54) is 6.33 Å². The van der Waals surface area contributed by atoms with Crippen molar-refractivity contribution in [2.75, 3.05) is 23.7 Å². The monoisotopic (exact) mass is 365 g/mol. The van der Waals surface area contributed by atoms with Gasteiger partial charge in [0.2, 0.25) is 0 Å². The van der Waals surface area contributed by atoms with E-state index < -0.39 is 17.3 Å². The molecule has 0 bridgehead atoms. The molecule has 0 fully saturated rings. The Balaban J connectivity index is 2.01. The number of nitrogens with two attached hydrogens (primary N) is 1. The number of alkyl halides is 3. The Hall–Kier alpha value is -3.21. The van der Waals surface area contributed by atoms with Crippen molar-refractivity contribution in [1.29, 1.82) is 0 Å². The van der Waals surface area contributed by atoms with Gasteiger partial charge in [0, 0.05) is 25.4 Å². The summed E-state index contributed by atoms with van der Waals surface area (Å²) in [5.41, 5.74) is 4.49. The van der Waals surface area contributed by atoms with Crippen molar-refractivity contribution in [3.05, 3.63) is 46.6 Å². The average molecular weight is 365 g/mol. The maximum Gasteiger partial charge on any atom is 0.417 e. The summed E-state index contributed by atoms with van der Waals surface area (Å²) in [6.45, 7) is 0.811. The molecule has 0 unspecified atom stereocenters. The second-order valence-corrected chi connectivity index (χ2v) is 5.25. The summed E-state index contributed by atoms with van der Waals surface area (Å²) in [7, 11) is 0. The van der Waals surface area contributed by atoms with Crippen molar-refractivity contribution in [3.8, 4) is 0 Å². The van der Waals surface area contributed by atoms with Gasteiger partial charge in [-0.05, 0) is 12.1 Å². The third-order valence-corrected chi connectivity index (χ3v) is 3.41. The average Bonchev–Trinajstić information content (AvgIpc) is 2.59. The zero-order chi connectivity index (χ0) is 18.7. The molecule has 0 aliphatic heterocycles. The number of fused-ring (bicyclic) bond motifs is 1. The van der Waals surface area contributed by atoms with E-state index in [9.17, 15) is 18.0 Å². The smallest absolute Gasteiger partial charge is 0.369 e. The van der Waals surface area contributed by atoms with Gasteiger partial charge in [0.1, 0.15) is 22.8 Å². The molecule has 0 atom stereocenters. The summed E-state index contributed by atoms with van der Waals surface area (Å²) in [5.74, 6) is 0.630. The first kappa shape index (κ1) is 17.6. The molecule has 3 aromatic heterocycles. The third kappa shape index (κ3) is 3.72. The van der Waals surface area contributed by atoms with E-state index in [2.05, 4.69) is 30.6 Å². The molecule has 11 heteroatoms. The Kier molecular flexibility index (Phi) is 4.71. The highest BCUT2D eigenvalue weighted by atomic mass is 19.4. The molecule has 3 aromatic rings.